The molecule has 1 N–H and O–H groups in total. The van der Waals surface area contributed by atoms with Gasteiger partial charge in [-0.15, -0.1) is 0 Å². The third-order valence-electron chi connectivity index (χ3n) is 2.83. The highest BCUT2D eigenvalue weighted by atomic mass is 32.2. The molecule has 1 aliphatic rings. The fraction of sp³-hybridized carbons (Fsp3) is 0.462. The molecule has 0 bridgehead atoms. The van der Waals surface area contributed by atoms with E-state index in [1.54, 1.807) is 0 Å². The van der Waals surface area contributed by atoms with Crippen LogP contribution in [-0.4, -0.2) is 21.6 Å². The minimum atomic E-state index is -0.697. The summed E-state index contributed by atoms with van der Waals surface area (Å²) < 4.78 is 0. The van der Waals surface area contributed by atoms with Crippen molar-refractivity contribution < 1.29 is 9.90 Å². The summed E-state index contributed by atoms with van der Waals surface area (Å²) in [5.41, 5.74) is 1.39. The number of carboxylic acids is 1. The van der Waals surface area contributed by atoms with Gasteiger partial charge in [-0.1, -0.05) is 37.3 Å². The predicted octanol–water partition coefficient (Wildman–Crippen LogP) is 3.14. The Balaban J connectivity index is 1.81. The Hall–Kier alpha value is -0.960. The van der Waals surface area contributed by atoms with E-state index >= 15 is 0 Å². The Morgan fingerprint density at radius 2 is 2.19 bits per heavy atom. The molecule has 3 unspecified atom stereocenters. The lowest BCUT2D eigenvalue weighted by molar-refractivity contribution is -0.136. The van der Waals surface area contributed by atoms with Crippen LogP contribution < -0.4 is 0 Å². The van der Waals surface area contributed by atoms with Crippen LogP contribution in [-0.2, 0) is 4.79 Å². The van der Waals surface area contributed by atoms with Crippen LogP contribution in [0.4, 0.5) is 0 Å². The van der Waals surface area contributed by atoms with Crippen molar-refractivity contribution in [1.82, 2.24) is 0 Å². The smallest absolute Gasteiger partial charge is 0.304 e. The maximum absolute atomic E-state index is 10.5. The molecule has 1 aliphatic carbocycles. The van der Waals surface area contributed by atoms with E-state index in [0.29, 0.717) is 11.2 Å². The van der Waals surface area contributed by atoms with E-state index < -0.39 is 5.97 Å². The number of thioether (sulfide) groups is 1. The summed E-state index contributed by atoms with van der Waals surface area (Å²) in [6.45, 7) is 2.00. The Labute approximate surface area is 100 Å². The molecule has 2 rings (SSSR count). The fourth-order valence-corrected chi connectivity index (χ4v) is 3.47. The Morgan fingerprint density at radius 3 is 2.81 bits per heavy atom. The van der Waals surface area contributed by atoms with Crippen molar-refractivity contribution >= 4 is 17.7 Å². The van der Waals surface area contributed by atoms with E-state index in [1.165, 1.54) is 12.0 Å². The normalized spacial score (nSPS) is 25.1. The first-order valence-corrected chi connectivity index (χ1v) is 6.53. The first kappa shape index (κ1) is 11.5. The minimum absolute atomic E-state index is 0.219. The minimum Gasteiger partial charge on any atom is -0.481 e. The monoisotopic (exact) mass is 236 g/mol. The van der Waals surface area contributed by atoms with E-state index in [0.717, 1.165) is 0 Å². The van der Waals surface area contributed by atoms with E-state index in [2.05, 4.69) is 24.3 Å². The van der Waals surface area contributed by atoms with Gasteiger partial charge in [-0.3, -0.25) is 4.79 Å². The second-order valence-corrected chi connectivity index (χ2v) is 6.02. The van der Waals surface area contributed by atoms with Crippen molar-refractivity contribution in [3.63, 3.8) is 0 Å². The van der Waals surface area contributed by atoms with Gasteiger partial charge >= 0.3 is 5.97 Å². The molecular weight excluding hydrogens is 220 g/mol. The molecule has 0 saturated heterocycles. The zero-order chi connectivity index (χ0) is 11.5. The molecule has 86 valence electrons. The van der Waals surface area contributed by atoms with Gasteiger partial charge in [0.1, 0.15) is 0 Å². The van der Waals surface area contributed by atoms with Gasteiger partial charge in [-0.2, -0.15) is 11.8 Å². The van der Waals surface area contributed by atoms with E-state index in [-0.39, 0.29) is 11.7 Å². The number of benzene rings is 1. The van der Waals surface area contributed by atoms with Crippen LogP contribution in [0.3, 0.4) is 0 Å². The van der Waals surface area contributed by atoms with Gasteiger partial charge in [-0.25, -0.2) is 0 Å². The van der Waals surface area contributed by atoms with Gasteiger partial charge in [-0.05, 0) is 17.9 Å². The summed E-state index contributed by atoms with van der Waals surface area (Å²) in [5, 5.41) is 9.53. The molecule has 3 atom stereocenters. The fourth-order valence-electron chi connectivity index (χ4n) is 1.97. The summed E-state index contributed by atoms with van der Waals surface area (Å²) in [5.74, 6) is -0.0562. The molecule has 0 amide bonds. The SMILES string of the molecule is CC(CC(=O)O)SC1CC1c1ccccc1. The molecule has 3 heteroatoms. The van der Waals surface area contributed by atoms with Gasteiger partial charge in [0.25, 0.3) is 0 Å². The summed E-state index contributed by atoms with van der Waals surface area (Å²) >= 11 is 1.82. The average molecular weight is 236 g/mol. The number of rotatable bonds is 5. The third kappa shape index (κ3) is 3.01. The van der Waals surface area contributed by atoms with Crippen molar-refractivity contribution in [2.45, 2.75) is 36.2 Å². The third-order valence-corrected chi connectivity index (χ3v) is 4.33. The summed E-state index contributed by atoms with van der Waals surface area (Å²) in [4.78, 5) is 10.5. The number of hydrogen-bond acceptors (Lipinski definition) is 2. The van der Waals surface area contributed by atoms with Crippen molar-refractivity contribution in [2.24, 2.45) is 0 Å². The van der Waals surface area contributed by atoms with Crippen molar-refractivity contribution in [1.29, 1.82) is 0 Å². The highest BCUT2D eigenvalue weighted by molar-refractivity contribution is 8.00. The molecule has 1 aromatic rings. The molecule has 0 heterocycles. The van der Waals surface area contributed by atoms with Crippen LogP contribution >= 0.6 is 11.8 Å². The van der Waals surface area contributed by atoms with Crippen LogP contribution in [0.1, 0.15) is 31.2 Å². The van der Waals surface area contributed by atoms with Gasteiger partial charge in [0.05, 0.1) is 6.42 Å². The highest BCUT2D eigenvalue weighted by Crippen LogP contribution is 2.50. The maximum atomic E-state index is 10.5. The second-order valence-electron chi connectivity index (χ2n) is 4.34. The van der Waals surface area contributed by atoms with Crippen LogP contribution in [0.5, 0.6) is 0 Å². The summed E-state index contributed by atoms with van der Waals surface area (Å²) in [7, 11) is 0. The molecule has 1 saturated carbocycles. The summed E-state index contributed by atoms with van der Waals surface area (Å²) in [6, 6.07) is 10.5. The van der Waals surface area contributed by atoms with Crippen molar-refractivity contribution in [3.05, 3.63) is 35.9 Å². The Morgan fingerprint density at radius 1 is 1.50 bits per heavy atom. The quantitative estimate of drug-likeness (QED) is 0.853. The van der Waals surface area contributed by atoms with Gasteiger partial charge in [0.2, 0.25) is 0 Å². The zero-order valence-electron chi connectivity index (χ0n) is 9.30. The highest BCUT2D eigenvalue weighted by Gasteiger charge is 2.39. The number of carbonyl (C=O) groups is 1. The lowest BCUT2D eigenvalue weighted by Crippen LogP contribution is -2.06. The van der Waals surface area contributed by atoms with Crippen LogP contribution in [0, 0.1) is 0 Å². The molecule has 16 heavy (non-hydrogen) atoms. The standard InChI is InChI=1S/C13H16O2S/c1-9(7-13(14)15)16-12-8-11(12)10-5-3-2-4-6-10/h2-6,9,11-12H,7-8H2,1H3,(H,14,15). The Kier molecular flexibility index (Phi) is 3.54. The van der Waals surface area contributed by atoms with Crippen LogP contribution in [0.2, 0.25) is 0 Å². The van der Waals surface area contributed by atoms with Crippen LogP contribution in [0.25, 0.3) is 0 Å². The molecular formula is C13H16O2S. The second kappa shape index (κ2) is 4.91. The van der Waals surface area contributed by atoms with E-state index in [4.69, 9.17) is 5.11 Å². The molecule has 0 radical (unpaired) electrons. The molecule has 0 aliphatic heterocycles. The molecule has 1 fully saturated rings. The molecule has 1 aromatic carbocycles. The van der Waals surface area contributed by atoms with E-state index in [9.17, 15) is 4.79 Å². The molecule has 2 nitrogen and oxygen atoms in total. The topological polar surface area (TPSA) is 37.3 Å². The summed E-state index contributed by atoms with van der Waals surface area (Å²) in [6.07, 6.45) is 1.46. The first-order chi connectivity index (χ1) is 7.66. The zero-order valence-corrected chi connectivity index (χ0v) is 10.1. The average Bonchev–Trinajstić information content (AvgIpc) is 2.97. The maximum Gasteiger partial charge on any atom is 0.304 e. The Bertz CT molecular complexity index is 363. The van der Waals surface area contributed by atoms with Gasteiger partial charge in [0.15, 0.2) is 0 Å². The largest absolute Gasteiger partial charge is 0.481 e. The van der Waals surface area contributed by atoms with Gasteiger partial charge < -0.3 is 5.11 Å². The number of hydrogen-bond donors (Lipinski definition) is 1. The molecule has 0 spiro atoms. The number of carboxylic acid groups (broad SMARTS) is 1. The number of aliphatic carboxylic acids is 1. The molecule has 0 aromatic heterocycles. The van der Waals surface area contributed by atoms with Crippen LogP contribution in [0.15, 0.2) is 30.3 Å². The first-order valence-electron chi connectivity index (χ1n) is 5.59. The lowest BCUT2D eigenvalue weighted by atomic mass is 10.1. The van der Waals surface area contributed by atoms with Crippen molar-refractivity contribution in [2.75, 3.05) is 0 Å². The van der Waals surface area contributed by atoms with E-state index in [1.807, 2.05) is 24.8 Å². The van der Waals surface area contributed by atoms with Crippen molar-refractivity contribution in [3.8, 4) is 0 Å². The predicted molar refractivity (Wildman–Crippen MR) is 66.9 cm³/mol. The lowest BCUT2D eigenvalue weighted by Gasteiger charge is -2.07. The van der Waals surface area contributed by atoms with Gasteiger partial charge in [0, 0.05) is 10.5 Å².